The molecule has 0 radical (unpaired) electrons. The van der Waals surface area contributed by atoms with Gasteiger partial charge in [0.2, 0.25) is 0 Å². The lowest BCUT2D eigenvalue weighted by atomic mass is 10.0. The molecule has 1 fully saturated rings. The molecule has 0 unspecified atom stereocenters. The molecule has 0 aromatic rings. The quantitative estimate of drug-likeness (QED) is 0.420. The molecule has 1 saturated heterocycles. The largest absolute Gasteiger partial charge is 0.377 e. The predicted molar refractivity (Wildman–Crippen MR) is 85.8 cm³/mol. The molecule has 0 spiro atoms. The van der Waals surface area contributed by atoms with Crippen LogP contribution < -0.4 is 0 Å². The van der Waals surface area contributed by atoms with E-state index in [1.54, 1.807) is 0 Å². The Morgan fingerprint density at radius 3 is 2.52 bits per heavy atom. The van der Waals surface area contributed by atoms with E-state index in [4.69, 9.17) is 9.47 Å². The monoisotopic (exact) mass is 294 g/mol. The molecular weight excluding hydrogens is 264 g/mol. The van der Waals surface area contributed by atoms with Crippen LogP contribution >= 0.6 is 0 Å². The lowest BCUT2D eigenvalue weighted by Crippen LogP contribution is -2.22. The van der Waals surface area contributed by atoms with E-state index in [9.17, 15) is 5.11 Å². The zero-order chi connectivity index (χ0) is 15.7. The zero-order valence-electron chi connectivity index (χ0n) is 13.7. The smallest absolute Gasteiger partial charge is 0.163 e. The van der Waals surface area contributed by atoms with Crippen molar-refractivity contribution in [1.29, 1.82) is 0 Å². The van der Waals surface area contributed by atoms with Crippen molar-refractivity contribution in [2.45, 2.75) is 89.8 Å². The third kappa shape index (κ3) is 7.13. The molecule has 1 N–H and O–H groups in total. The number of hydrogen-bond donors (Lipinski definition) is 1. The first-order valence-corrected chi connectivity index (χ1v) is 8.13. The van der Waals surface area contributed by atoms with E-state index in [0.29, 0.717) is 6.42 Å². The van der Waals surface area contributed by atoms with Gasteiger partial charge in [-0.2, -0.15) is 0 Å². The molecule has 1 rings (SSSR count). The maximum atomic E-state index is 9.36. The molecule has 21 heavy (non-hydrogen) atoms. The third-order valence-electron chi connectivity index (χ3n) is 3.65. The van der Waals surface area contributed by atoms with Crippen LogP contribution in [0.4, 0.5) is 0 Å². The summed E-state index contributed by atoms with van der Waals surface area (Å²) in [7, 11) is 0. The minimum atomic E-state index is -0.757. The van der Waals surface area contributed by atoms with Crippen LogP contribution in [0.15, 0.2) is 12.7 Å². The predicted octanol–water partition coefficient (Wildman–Crippen LogP) is 3.81. The first-order valence-electron chi connectivity index (χ1n) is 8.13. The van der Waals surface area contributed by atoms with E-state index >= 15 is 0 Å². The van der Waals surface area contributed by atoms with Crippen LogP contribution in [-0.4, -0.2) is 29.2 Å². The molecule has 3 atom stereocenters. The van der Waals surface area contributed by atoms with Gasteiger partial charge in [0, 0.05) is 6.42 Å². The summed E-state index contributed by atoms with van der Waals surface area (Å²) < 4.78 is 11.9. The van der Waals surface area contributed by atoms with Gasteiger partial charge in [0.25, 0.3) is 0 Å². The average Bonchev–Trinajstić information content (AvgIpc) is 2.73. The van der Waals surface area contributed by atoms with Crippen molar-refractivity contribution >= 4 is 0 Å². The Morgan fingerprint density at radius 1 is 1.19 bits per heavy atom. The van der Waals surface area contributed by atoms with Gasteiger partial charge >= 0.3 is 0 Å². The molecule has 0 aromatic carbocycles. The van der Waals surface area contributed by atoms with Crippen LogP contribution in [0.5, 0.6) is 0 Å². The lowest BCUT2D eigenvalue weighted by Gasteiger charge is -2.16. The summed E-state index contributed by atoms with van der Waals surface area (Å²) >= 11 is 0. The first kappa shape index (κ1) is 18.2. The molecule has 0 bridgehead atoms. The molecule has 120 valence electrons. The van der Waals surface area contributed by atoms with E-state index in [1.807, 2.05) is 13.8 Å². The van der Waals surface area contributed by atoms with E-state index in [0.717, 1.165) is 6.42 Å². The zero-order valence-corrected chi connectivity index (χ0v) is 13.7. The number of ether oxygens (including phenoxy) is 2. The fourth-order valence-corrected chi connectivity index (χ4v) is 2.60. The molecular formula is C18H30O3. The second-order valence-corrected chi connectivity index (χ2v) is 6.12. The van der Waals surface area contributed by atoms with Crippen molar-refractivity contribution < 1.29 is 14.6 Å². The van der Waals surface area contributed by atoms with Crippen molar-refractivity contribution in [2.75, 3.05) is 0 Å². The van der Waals surface area contributed by atoms with Gasteiger partial charge in [-0.3, -0.25) is 0 Å². The van der Waals surface area contributed by atoms with Crippen molar-refractivity contribution in [1.82, 2.24) is 0 Å². The fraction of sp³-hybridized carbons (Fsp3) is 0.778. The Labute approximate surface area is 129 Å². The topological polar surface area (TPSA) is 38.7 Å². The second kappa shape index (κ2) is 9.25. The summed E-state index contributed by atoms with van der Waals surface area (Å²) in [5.41, 5.74) is 0. The van der Waals surface area contributed by atoms with Crippen LogP contribution in [0.1, 0.15) is 65.7 Å². The van der Waals surface area contributed by atoms with Gasteiger partial charge in [0.05, 0.1) is 12.2 Å². The Bertz CT molecular complexity index is 364. The molecule has 0 amide bonds. The standard InChI is InChI=1S/C18H30O3/c1-5-7-8-9-10-13-16-17(21-18(3,4)20-16)14-11-12-15(19)6-2/h6,15-17,19H,2,5,7-10,13-14H2,1,3-4H3/t15-,16-,17-/m1/s1. The van der Waals surface area contributed by atoms with Gasteiger partial charge in [0.1, 0.15) is 6.10 Å². The van der Waals surface area contributed by atoms with Gasteiger partial charge in [-0.1, -0.05) is 63.5 Å². The van der Waals surface area contributed by atoms with E-state index < -0.39 is 11.9 Å². The number of aliphatic hydroxyl groups excluding tert-OH is 1. The second-order valence-electron chi connectivity index (χ2n) is 6.12. The summed E-state index contributed by atoms with van der Waals surface area (Å²) in [4.78, 5) is 0. The van der Waals surface area contributed by atoms with Crippen molar-refractivity contribution in [3.8, 4) is 11.8 Å². The lowest BCUT2D eigenvalue weighted by molar-refractivity contribution is -0.146. The minimum absolute atomic E-state index is 0.00399. The molecule has 0 saturated carbocycles. The maximum absolute atomic E-state index is 9.36. The summed E-state index contributed by atoms with van der Waals surface area (Å²) in [5, 5.41) is 9.36. The normalized spacial score (nSPS) is 25.1. The van der Waals surface area contributed by atoms with Crippen molar-refractivity contribution in [3.05, 3.63) is 12.7 Å². The first-order chi connectivity index (χ1) is 9.98. The van der Waals surface area contributed by atoms with E-state index in [2.05, 4.69) is 25.3 Å². The third-order valence-corrected chi connectivity index (χ3v) is 3.65. The summed E-state index contributed by atoms with van der Waals surface area (Å²) in [6.07, 6.45) is 8.67. The molecule has 3 heteroatoms. The molecule has 1 aliphatic heterocycles. The number of hydrogen-bond acceptors (Lipinski definition) is 3. The molecule has 3 nitrogen and oxygen atoms in total. The molecule has 1 heterocycles. The van der Waals surface area contributed by atoms with Gasteiger partial charge in [-0.15, -0.1) is 0 Å². The van der Waals surface area contributed by atoms with Gasteiger partial charge in [-0.25, -0.2) is 0 Å². The number of rotatable bonds is 8. The Hall–Kier alpha value is -0.820. The summed E-state index contributed by atoms with van der Waals surface area (Å²) in [6.45, 7) is 9.63. The van der Waals surface area contributed by atoms with Gasteiger partial charge in [-0.05, 0) is 20.3 Å². The van der Waals surface area contributed by atoms with Crippen LogP contribution in [0.2, 0.25) is 0 Å². The highest BCUT2D eigenvalue weighted by molar-refractivity contribution is 5.11. The van der Waals surface area contributed by atoms with Crippen LogP contribution in [-0.2, 0) is 9.47 Å². The van der Waals surface area contributed by atoms with E-state index in [-0.39, 0.29) is 12.2 Å². The minimum Gasteiger partial charge on any atom is -0.377 e. The Morgan fingerprint density at radius 2 is 1.86 bits per heavy atom. The van der Waals surface area contributed by atoms with Gasteiger partial charge in [0.15, 0.2) is 5.79 Å². The summed E-state index contributed by atoms with van der Waals surface area (Å²) in [6, 6.07) is 0. The highest BCUT2D eigenvalue weighted by Gasteiger charge is 2.40. The summed E-state index contributed by atoms with van der Waals surface area (Å²) in [5.74, 6) is 5.19. The van der Waals surface area contributed by atoms with E-state index in [1.165, 1.54) is 38.2 Å². The molecule has 0 aliphatic carbocycles. The highest BCUT2D eigenvalue weighted by Crippen LogP contribution is 2.32. The van der Waals surface area contributed by atoms with Crippen molar-refractivity contribution in [2.24, 2.45) is 0 Å². The van der Waals surface area contributed by atoms with Crippen LogP contribution in [0.25, 0.3) is 0 Å². The number of aliphatic hydroxyl groups is 1. The number of unbranched alkanes of at least 4 members (excludes halogenated alkanes) is 4. The van der Waals surface area contributed by atoms with Crippen LogP contribution in [0.3, 0.4) is 0 Å². The Balaban J connectivity index is 2.42. The van der Waals surface area contributed by atoms with Crippen molar-refractivity contribution in [3.63, 3.8) is 0 Å². The molecule has 0 aromatic heterocycles. The van der Waals surface area contributed by atoms with Gasteiger partial charge < -0.3 is 14.6 Å². The SMILES string of the molecule is C=C[C@@H](O)C#CC[C@H]1OC(C)(C)O[C@@H]1CCCCCCC. The average molecular weight is 294 g/mol. The fourth-order valence-electron chi connectivity index (χ4n) is 2.60. The maximum Gasteiger partial charge on any atom is 0.163 e. The Kier molecular flexibility index (Phi) is 8.03. The highest BCUT2D eigenvalue weighted by atomic mass is 16.7. The molecule has 1 aliphatic rings. The van der Waals surface area contributed by atoms with Crippen LogP contribution in [0, 0.1) is 11.8 Å².